The Morgan fingerprint density at radius 3 is 2.84 bits per heavy atom. The zero-order chi connectivity index (χ0) is 14.3. The van der Waals surface area contributed by atoms with Gasteiger partial charge in [-0.15, -0.1) is 0 Å². The van der Waals surface area contributed by atoms with E-state index in [1.165, 1.54) is 6.07 Å². The summed E-state index contributed by atoms with van der Waals surface area (Å²) in [5, 5.41) is 14.2. The van der Waals surface area contributed by atoms with Crippen LogP contribution in [0.3, 0.4) is 0 Å². The highest BCUT2D eigenvalue weighted by Crippen LogP contribution is 2.26. The Morgan fingerprint density at radius 2 is 2.26 bits per heavy atom. The van der Waals surface area contributed by atoms with E-state index >= 15 is 0 Å². The summed E-state index contributed by atoms with van der Waals surface area (Å²) >= 11 is 0. The van der Waals surface area contributed by atoms with Crippen LogP contribution in [0.5, 0.6) is 0 Å². The monoisotopic (exact) mass is 267 g/mol. The number of benzene rings is 1. The molecule has 0 saturated carbocycles. The summed E-state index contributed by atoms with van der Waals surface area (Å²) in [6, 6.07) is 5.13. The normalized spacial score (nSPS) is 12.2. The van der Waals surface area contributed by atoms with Crippen molar-refractivity contribution in [1.29, 1.82) is 0 Å². The third kappa shape index (κ3) is 4.50. The van der Waals surface area contributed by atoms with Crippen molar-refractivity contribution in [2.24, 2.45) is 5.73 Å². The van der Waals surface area contributed by atoms with Crippen molar-refractivity contribution in [3.05, 3.63) is 33.9 Å². The van der Waals surface area contributed by atoms with Crippen LogP contribution in [0.25, 0.3) is 0 Å². The second-order valence-electron chi connectivity index (χ2n) is 4.43. The molecule has 1 unspecified atom stereocenters. The number of hydrogen-bond donors (Lipinski definition) is 2. The standard InChI is InChI=1S/C13H21N3O3/c1-10-12(6-3-7-13(10)16(17)18)15-11(9-19-2)5-4-8-14/h3,6-7,11,15H,4-5,8-9,14H2,1-2H3. The first-order valence-corrected chi connectivity index (χ1v) is 6.29. The summed E-state index contributed by atoms with van der Waals surface area (Å²) in [5.74, 6) is 0. The number of nitro groups is 1. The molecule has 0 heterocycles. The number of anilines is 1. The number of nitro benzene ring substituents is 1. The molecule has 0 aliphatic carbocycles. The summed E-state index contributed by atoms with van der Waals surface area (Å²) in [6.07, 6.45) is 1.75. The molecule has 0 aliphatic heterocycles. The van der Waals surface area contributed by atoms with Gasteiger partial charge in [-0.2, -0.15) is 0 Å². The molecule has 1 atom stereocenters. The van der Waals surface area contributed by atoms with E-state index in [1.807, 2.05) is 6.07 Å². The van der Waals surface area contributed by atoms with Gasteiger partial charge in [0.25, 0.3) is 5.69 Å². The summed E-state index contributed by atoms with van der Waals surface area (Å²) in [7, 11) is 1.64. The third-order valence-corrected chi connectivity index (χ3v) is 2.99. The third-order valence-electron chi connectivity index (χ3n) is 2.99. The fourth-order valence-corrected chi connectivity index (χ4v) is 1.96. The summed E-state index contributed by atoms with van der Waals surface area (Å²) in [6.45, 7) is 2.91. The van der Waals surface area contributed by atoms with Gasteiger partial charge in [0.05, 0.1) is 11.5 Å². The van der Waals surface area contributed by atoms with E-state index in [0.717, 1.165) is 18.5 Å². The average Bonchev–Trinajstić information content (AvgIpc) is 2.38. The highest BCUT2D eigenvalue weighted by Gasteiger charge is 2.15. The maximum atomic E-state index is 10.9. The van der Waals surface area contributed by atoms with Crippen molar-refractivity contribution in [2.75, 3.05) is 25.6 Å². The van der Waals surface area contributed by atoms with Gasteiger partial charge in [0.1, 0.15) is 0 Å². The Hall–Kier alpha value is -1.66. The van der Waals surface area contributed by atoms with Crippen LogP contribution in [0, 0.1) is 17.0 Å². The Morgan fingerprint density at radius 1 is 1.53 bits per heavy atom. The quantitative estimate of drug-likeness (QED) is 0.556. The summed E-state index contributed by atoms with van der Waals surface area (Å²) < 4.78 is 5.15. The minimum atomic E-state index is -0.369. The molecule has 6 nitrogen and oxygen atoms in total. The molecule has 0 radical (unpaired) electrons. The van der Waals surface area contributed by atoms with Crippen molar-refractivity contribution >= 4 is 11.4 Å². The van der Waals surface area contributed by atoms with Crippen LogP contribution in [0.2, 0.25) is 0 Å². The number of hydrogen-bond acceptors (Lipinski definition) is 5. The van der Waals surface area contributed by atoms with Crippen LogP contribution in [-0.4, -0.2) is 31.2 Å². The van der Waals surface area contributed by atoms with E-state index in [4.69, 9.17) is 10.5 Å². The van der Waals surface area contributed by atoms with Gasteiger partial charge in [0.2, 0.25) is 0 Å². The summed E-state index contributed by atoms with van der Waals surface area (Å²) in [5.41, 5.74) is 7.04. The molecule has 0 spiro atoms. The fourth-order valence-electron chi connectivity index (χ4n) is 1.96. The van der Waals surface area contributed by atoms with Crippen LogP contribution in [0.15, 0.2) is 18.2 Å². The Balaban J connectivity index is 2.83. The maximum Gasteiger partial charge on any atom is 0.274 e. The molecule has 19 heavy (non-hydrogen) atoms. The van der Waals surface area contributed by atoms with Crippen LogP contribution in [-0.2, 0) is 4.74 Å². The van der Waals surface area contributed by atoms with E-state index in [0.29, 0.717) is 18.7 Å². The first kappa shape index (κ1) is 15.4. The van der Waals surface area contributed by atoms with Gasteiger partial charge in [-0.1, -0.05) is 6.07 Å². The second-order valence-corrected chi connectivity index (χ2v) is 4.43. The molecule has 6 heteroatoms. The highest BCUT2D eigenvalue weighted by molar-refractivity contribution is 5.60. The molecule has 0 aromatic heterocycles. The Kier molecular flexibility index (Phi) is 6.24. The first-order chi connectivity index (χ1) is 9.10. The minimum absolute atomic E-state index is 0.106. The van der Waals surface area contributed by atoms with E-state index in [1.54, 1.807) is 20.1 Å². The lowest BCUT2D eigenvalue weighted by Crippen LogP contribution is -2.26. The van der Waals surface area contributed by atoms with E-state index < -0.39 is 0 Å². The zero-order valence-electron chi connectivity index (χ0n) is 11.4. The molecule has 0 amide bonds. The van der Waals surface area contributed by atoms with Crippen molar-refractivity contribution in [1.82, 2.24) is 0 Å². The molecule has 1 aromatic carbocycles. The fraction of sp³-hybridized carbons (Fsp3) is 0.538. The summed E-state index contributed by atoms with van der Waals surface area (Å²) in [4.78, 5) is 10.5. The predicted molar refractivity (Wildman–Crippen MR) is 75.4 cm³/mol. The molecule has 0 aliphatic rings. The molecule has 1 rings (SSSR count). The van der Waals surface area contributed by atoms with Gasteiger partial charge >= 0.3 is 0 Å². The van der Waals surface area contributed by atoms with Crippen LogP contribution < -0.4 is 11.1 Å². The predicted octanol–water partition coefficient (Wildman–Crippen LogP) is 2.07. The SMILES string of the molecule is COCC(CCCN)Nc1cccc([N+](=O)[O-])c1C. The van der Waals surface area contributed by atoms with Crippen molar-refractivity contribution in [3.63, 3.8) is 0 Å². The van der Waals surface area contributed by atoms with Crippen LogP contribution in [0.1, 0.15) is 18.4 Å². The van der Waals surface area contributed by atoms with Crippen molar-refractivity contribution in [3.8, 4) is 0 Å². The first-order valence-electron chi connectivity index (χ1n) is 6.29. The van der Waals surface area contributed by atoms with Gasteiger partial charge in [-0.25, -0.2) is 0 Å². The zero-order valence-corrected chi connectivity index (χ0v) is 11.4. The number of methoxy groups -OCH3 is 1. The van der Waals surface area contributed by atoms with Crippen molar-refractivity contribution < 1.29 is 9.66 Å². The van der Waals surface area contributed by atoms with E-state index in [2.05, 4.69) is 5.32 Å². The number of nitrogens with zero attached hydrogens (tertiary/aromatic N) is 1. The number of rotatable bonds is 8. The molecular weight excluding hydrogens is 246 g/mol. The molecule has 0 saturated heterocycles. The van der Waals surface area contributed by atoms with Gasteiger partial charge in [0, 0.05) is 30.5 Å². The molecule has 0 fully saturated rings. The van der Waals surface area contributed by atoms with Crippen LogP contribution >= 0.6 is 0 Å². The van der Waals surface area contributed by atoms with Gasteiger partial charge in [0.15, 0.2) is 0 Å². The second kappa shape index (κ2) is 7.70. The molecule has 106 valence electrons. The van der Waals surface area contributed by atoms with E-state index in [9.17, 15) is 10.1 Å². The van der Waals surface area contributed by atoms with Gasteiger partial charge in [-0.3, -0.25) is 10.1 Å². The Labute approximate surface area is 113 Å². The topological polar surface area (TPSA) is 90.4 Å². The van der Waals surface area contributed by atoms with E-state index in [-0.39, 0.29) is 16.7 Å². The molecule has 1 aromatic rings. The van der Waals surface area contributed by atoms with Crippen molar-refractivity contribution in [2.45, 2.75) is 25.8 Å². The van der Waals surface area contributed by atoms with Gasteiger partial charge < -0.3 is 15.8 Å². The lowest BCUT2D eigenvalue weighted by Gasteiger charge is -2.20. The highest BCUT2D eigenvalue weighted by atomic mass is 16.6. The lowest BCUT2D eigenvalue weighted by molar-refractivity contribution is -0.385. The average molecular weight is 267 g/mol. The lowest BCUT2D eigenvalue weighted by atomic mass is 10.1. The number of nitrogens with two attached hydrogens (primary N) is 1. The molecule has 0 bridgehead atoms. The number of nitrogens with one attached hydrogen (secondary N) is 1. The van der Waals surface area contributed by atoms with Crippen LogP contribution in [0.4, 0.5) is 11.4 Å². The maximum absolute atomic E-state index is 10.9. The largest absolute Gasteiger partial charge is 0.383 e. The minimum Gasteiger partial charge on any atom is -0.383 e. The molecular formula is C13H21N3O3. The van der Waals surface area contributed by atoms with Gasteiger partial charge in [-0.05, 0) is 32.4 Å². The Bertz CT molecular complexity index is 424. The molecule has 3 N–H and O–H groups in total. The smallest absolute Gasteiger partial charge is 0.274 e. The number of ether oxygens (including phenoxy) is 1.